The van der Waals surface area contributed by atoms with Crippen LogP contribution in [0, 0.1) is 10.1 Å². The van der Waals surface area contributed by atoms with Crippen molar-refractivity contribution >= 4 is 40.6 Å². The number of halogens is 1. The number of ether oxygens (including phenoxy) is 1. The Morgan fingerprint density at radius 2 is 1.88 bits per heavy atom. The number of anilines is 1. The summed E-state index contributed by atoms with van der Waals surface area (Å²) in [6, 6.07) is 12.3. The molecule has 0 radical (unpaired) electrons. The summed E-state index contributed by atoms with van der Waals surface area (Å²) in [5.74, 6) is 0.602. The smallest absolute Gasteiger partial charge is 0.269 e. The number of piperazine rings is 1. The Morgan fingerprint density at radius 3 is 2.52 bits per heavy atom. The number of carbonyl (C=O) groups excluding carboxylic acids is 1. The van der Waals surface area contributed by atoms with Crippen molar-refractivity contribution in [3.05, 3.63) is 64.3 Å². The summed E-state index contributed by atoms with van der Waals surface area (Å²) in [4.78, 5) is 30.5. The number of nitro benzene ring substituents is 1. The molecule has 3 aromatic rings. The lowest BCUT2D eigenvalue weighted by molar-refractivity contribution is -0.384. The molecule has 1 fully saturated rings. The van der Waals surface area contributed by atoms with Crippen molar-refractivity contribution in [3.63, 3.8) is 0 Å². The number of non-ortho nitro benzene ring substituents is 1. The van der Waals surface area contributed by atoms with Crippen molar-refractivity contribution in [2.45, 2.75) is 19.4 Å². The number of aromatic nitrogens is 1. The Bertz CT molecular complexity index is 1110. The van der Waals surface area contributed by atoms with Gasteiger partial charge in [0.1, 0.15) is 5.75 Å². The van der Waals surface area contributed by atoms with Gasteiger partial charge in [-0.15, -0.1) is 12.4 Å². The summed E-state index contributed by atoms with van der Waals surface area (Å²) in [5.41, 5.74) is 8.83. The molecule has 1 aromatic heterocycles. The lowest BCUT2D eigenvalue weighted by Gasteiger charge is -2.37. The third kappa shape index (κ3) is 5.37. The van der Waals surface area contributed by atoms with E-state index in [0.717, 1.165) is 28.6 Å². The maximum absolute atomic E-state index is 12.9. The van der Waals surface area contributed by atoms with Gasteiger partial charge in [0.2, 0.25) is 0 Å². The second kappa shape index (κ2) is 10.5. The standard InChI is InChI=1S/C23H27N5O4.ClH/c1-16(32-20-6-7-22-21(14-20)17(8-9-24)15-25-22)23(29)27-12-10-26(11-13-27)18-2-4-19(5-3-18)28(30)31;/h2-7,14-16,25H,8-13,24H2,1H3;1H. The number of hydrogen-bond acceptors (Lipinski definition) is 6. The van der Waals surface area contributed by atoms with Crippen molar-refractivity contribution in [3.8, 4) is 5.75 Å². The second-order valence-electron chi connectivity index (χ2n) is 7.91. The molecule has 0 bridgehead atoms. The number of carbonyl (C=O) groups is 1. The summed E-state index contributed by atoms with van der Waals surface area (Å²) < 4.78 is 5.97. The van der Waals surface area contributed by atoms with Crippen LogP contribution in [0.25, 0.3) is 10.9 Å². The van der Waals surface area contributed by atoms with Crippen molar-refractivity contribution in [2.24, 2.45) is 5.73 Å². The van der Waals surface area contributed by atoms with E-state index < -0.39 is 11.0 Å². The topological polar surface area (TPSA) is 118 Å². The number of rotatable bonds is 7. The Kier molecular flexibility index (Phi) is 7.78. The number of nitrogens with one attached hydrogen (secondary N) is 1. The molecule has 1 atom stereocenters. The van der Waals surface area contributed by atoms with E-state index in [1.54, 1.807) is 24.0 Å². The molecular formula is C23H28ClN5O4. The van der Waals surface area contributed by atoms with Gasteiger partial charge in [0.05, 0.1) is 4.92 Å². The Balaban J connectivity index is 0.00000306. The van der Waals surface area contributed by atoms with Crippen LogP contribution in [0.5, 0.6) is 5.75 Å². The van der Waals surface area contributed by atoms with Crippen LogP contribution in [0.4, 0.5) is 11.4 Å². The second-order valence-corrected chi connectivity index (χ2v) is 7.91. The molecule has 0 saturated carbocycles. The minimum Gasteiger partial charge on any atom is -0.481 e. The van der Waals surface area contributed by atoms with Crippen molar-refractivity contribution in [1.29, 1.82) is 0 Å². The van der Waals surface area contributed by atoms with Gasteiger partial charge in [-0.25, -0.2) is 0 Å². The first-order chi connectivity index (χ1) is 15.5. The Morgan fingerprint density at radius 1 is 1.18 bits per heavy atom. The van der Waals surface area contributed by atoms with E-state index in [1.165, 1.54) is 12.1 Å². The van der Waals surface area contributed by atoms with Crippen molar-refractivity contribution in [2.75, 3.05) is 37.6 Å². The molecule has 2 heterocycles. The Labute approximate surface area is 198 Å². The third-order valence-electron chi connectivity index (χ3n) is 5.83. The molecule has 33 heavy (non-hydrogen) atoms. The van der Waals surface area contributed by atoms with E-state index in [2.05, 4.69) is 9.88 Å². The number of nitrogens with two attached hydrogens (primary N) is 1. The number of nitro groups is 1. The van der Waals surface area contributed by atoms with Gasteiger partial charge in [-0.05, 0) is 55.8 Å². The first-order valence-corrected chi connectivity index (χ1v) is 10.7. The van der Waals surface area contributed by atoms with Crippen LogP contribution in [0.2, 0.25) is 0 Å². The minimum absolute atomic E-state index is 0. The summed E-state index contributed by atoms with van der Waals surface area (Å²) in [7, 11) is 0. The van der Waals surface area contributed by atoms with E-state index in [0.29, 0.717) is 38.5 Å². The first kappa shape index (κ1) is 24.3. The molecule has 0 spiro atoms. The molecule has 9 nitrogen and oxygen atoms in total. The molecule has 0 aliphatic carbocycles. The van der Waals surface area contributed by atoms with Crippen LogP contribution >= 0.6 is 12.4 Å². The molecule has 1 aliphatic heterocycles. The van der Waals surface area contributed by atoms with Gasteiger partial charge in [0.25, 0.3) is 11.6 Å². The predicted molar refractivity (Wildman–Crippen MR) is 130 cm³/mol. The van der Waals surface area contributed by atoms with E-state index >= 15 is 0 Å². The van der Waals surface area contributed by atoms with Gasteiger partial charge in [0, 0.05) is 61.1 Å². The zero-order valence-corrected chi connectivity index (χ0v) is 19.2. The van der Waals surface area contributed by atoms with Gasteiger partial charge < -0.3 is 25.3 Å². The monoisotopic (exact) mass is 473 g/mol. The fourth-order valence-corrected chi connectivity index (χ4v) is 4.08. The van der Waals surface area contributed by atoms with E-state index in [9.17, 15) is 14.9 Å². The number of aromatic amines is 1. The van der Waals surface area contributed by atoms with Gasteiger partial charge >= 0.3 is 0 Å². The minimum atomic E-state index is -0.602. The first-order valence-electron chi connectivity index (χ1n) is 10.7. The quantitative estimate of drug-likeness (QED) is 0.402. The third-order valence-corrected chi connectivity index (χ3v) is 5.83. The molecule has 1 amide bonds. The molecule has 2 aromatic carbocycles. The number of hydrogen-bond donors (Lipinski definition) is 2. The van der Waals surface area contributed by atoms with Crippen LogP contribution in [0.3, 0.4) is 0 Å². The van der Waals surface area contributed by atoms with Crippen molar-refractivity contribution < 1.29 is 14.5 Å². The fourth-order valence-electron chi connectivity index (χ4n) is 4.08. The number of fused-ring (bicyclic) bond motifs is 1. The summed E-state index contributed by atoms with van der Waals surface area (Å²) in [6.07, 6.45) is 2.13. The van der Waals surface area contributed by atoms with Crippen LogP contribution in [-0.2, 0) is 11.2 Å². The molecule has 4 rings (SSSR count). The highest BCUT2D eigenvalue weighted by atomic mass is 35.5. The molecule has 1 aliphatic rings. The number of benzene rings is 2. The molecule has 1 unspecified atom stereocenters. The lowest BCUT2D eigenvalue weighted by Crippen LogP contribution is -2.52. The van der Waals surface area contributed by atoms with E-state index in [4.69, 9.17) is 10.5 Å². The molecule has 176 valence electrons. The van der Waals surface area contributed by atoms with Crippen LogP contribution in [0.15, 0.2) is 48.7 Å². The maximum Gasteiger partial charge on any atom is 0.269 e. The predicted octanol–water partition coefficient (Wildman–Crippen LogP) is 3.12. The fraction of sp³-hybridized carbons (Fsp3) is 0.348. The maximum atomic E-state index is 12.9. The number of nitrogens with zero attached hydrogens (tertiary/aromatic N) is 3. The van der Waals surface area contributed by atoms with Gasteiger partial charge in [-0.2, -0.15) is 0 Å². The van der Waals surface area contributed by atoms with Gasteiger partial charge in [0.15, 0.2) is 6.10 Å². The summed E-state index contributed by atoms with van der Waals surface area (Å²) in [6.45, 7) is 4.80. The van der Waals surface area contributed by atoms with Crippen LogP contribution in [-0.4, -0.2) is 59.5 Å². The molecule has 1 saturated heterocycles. The Hall–Kier alpha value is -3.30. The summed E-state index contributed by atoms with van der Waals surface area (Å²) in [5, 5.41) is 11.9. The SMILES string of the molecule is CC(Oc1ccc2[nH]cc(CCN)c2c1)C(=O)N1CCN(c2ccc([N+](=O)[O-])cc2)CC1.Cl. The zero-order valence-electron chi connectivity index (χ0n) is 18.4. The number of H-pyrrole nitrogens is 1. The highest BCUT2D eigenvalue weighted by Gasteiger charge is 2.26. The molecule has 10 heteroatoms. The number of amides is 1. The lowest BCUT2D eigenvalue weighted by atomic mass is 10.1. The molecular weight excluding hydrogens is 446 g/mol. The van der Waals surface area contributed by atoms with Gasteiger partial charge in [-0.1, -0.05) is 0 Å². The highest BCUT2D eigenvalue weighted by molar-refractivity contribution is 5.86. The van der Waals surface area contributed by atoms with E-state index in [-0.39, 0.29) is 24.0 Å². The normalized spacial score (nSPS) is 14.6. The van der Waals surface area contributed by atoms with Crippen molar-refractivity contribution in [1.82, 2.24) is 9.88 Å². The van der Waals surface area contributed by atoms with Crippen LogP contribution < -0.4 is 15.4 Å². The average Bonchev–Trinajstić information content (AvgIpc) is 3.21. The highest BCUT2D eigenvalue weighted by Crippen LogP contribution is 2.25. The van der Waals surface area contributed by atoms with Crippen LogP contribution in [0.1, 0.15) is 12.5 Å². The van der Waals surface area contributed by atoms with E-state index in [1.807, 2.05) is 24.4 Å². The average molecular weight is 474 g/mol. The zero-order chi connectivity index (χ0) is 22.7. The summed E-state index contributed by atoms with van der Waals surface area (Å²) >= 11 is 0. The molecule has 3 N–H and O–H groups in total. The van der Waals surface area contributed by atoms with Gasteiger partial charge in [-0.3, -0.25) is 14.9 Å². The largest absolute Gasteiger partial charge is 0.481 e.